The molecule has 0 unspecified atom stereocenters. The lowest BCUT2D eigenvalue weighted by molar-refractivity contribution is 0.103. The van der Waals surface area contributed by atoms with Crippen LogP contribution in [0.4, 0.5) is 10.1 Å². The fraction of sp³-hybridized carbons (Fsp3) is 0.222. The van der Waals surface area contributed by atoms with Gasteiger partial charge in [-0.3, -0.25) is 9.52 Å². The number of fused-ring (bicyclic) bond motifs is 1. The highest BCUT2D eigenvalue weighted by Gasteiger charge is 2.22. The smallest absolute Gasteiger partial charge is 0.299 e. The highest BCUT2D eigenvalue weighted by atomic mass is 35.5. The summed E-state index contributed by atoms with van der Waals surface area (Å²) in [7, 11) is -2.51. The first-order valence-corrected chi connectivity index (χ1v) is 10.4. The monoisotopic (exact) mass is 440 g/mol. The van der Waals surface area contributed by atoms with Crippen LogP contribution in [-0.2, 0) is 14.9 Å². The van der Waals surface area contributed by atoms with Gasteiger partial charge in [0, 0.05) is 43.6 Å². The molecule has 0 saturated heterocycles. The largest absolute Gasteiger partial charge is 0.385 e. The normalized spacial score (nSPS) is 11.7. The molecule has 154 valence electrons. The van der Waals surface area contributed by atoms with Gasteiger partial charge in [0.15, 0.2) is 11.6 Å². The Hall–Kier alpha value is -2.53. The molecule has 2 aromatic heterocycles. The number of aromatic nitrogens is 2. The van der Waals surface area contributed by atoms with Crippen molar-refractivity contribution in [2.75, 3.05) is 25.0 Å². The van der Waals surface area contributed by atoms with E-state index in [2.05, 4.69) is 19.4 Å². The first kappa shape index (κ1) is 21.2. The summed E-state index contributed by atoms with van der Waals surface area (Å²) in [6, 6.07) is 5.44. The van der Waals surface area contributed by atoms with Crippen molar-refractivity contribution in [2.45, 2.75) is 6.42 Å². The number of hydrogen-bond donors (Lipinski definition) is 3. The summed E-state index contributed by atoms with van der Waals surface area (Å²) in [5.74, 6) is -1.61. The molecule has 1 aromatic carbocycles. The van der Waals surface area contributed by atoms with Gasteiger partial charge in [0.25, 0.3) is 10.2 Å². The standard InChI is InChI=1S/C18H18ClFN4O4S/c1-28-7-3-6-23-29(26,27)24-15-5-2-4-12(16(15)20)17(25)14-10-22-18-13(14)8-11(19)9-21-18/h2,4-5,8-10,23-24H,3,6-7H2,1H3,(H,21,22). The average Bonchev–Trinajstić information content (AvgIpc) is 3.09. The molecule has 8 nitrogen and oxygen atoms in total. The fourth-order valence-electron chi connectivity index (χ4n) is 2.70. The number of halogens is 2. The molecule has 0 atom stereocenters. The number of nitrogens with zero attached hydrogens (tertiary/aromatic N) is 1. The van der Waals surface area contributed by atoms with Crippen molar-refractivity contribution in [3.63, 3.8) is 0 Å². The van der Waals surface area contributed by atoms with Gasteiger partial charge in [-0.2, -0.15) is 13.1 Å². The summed E-state index contributed by atoms with van der Waals surface area (Å²) in [6.45, 7) is 0.497. The van der Waals surface area contributed by atoms with Crippen molar-refractivity contribution in [3.8, 4) is 0 Å². The molecule has 0 spiro atoms. The van der Waals surface area contributed by atoms with E-state index >= 15 is 0 Å². The average molecular weight is 441 g/mol. The predicted octanol–water partition coefficient (Wildman–Crippen LogP) is 2.87. The Bertz CT molecular complexity index is 1150. The molecule has 0 aliphatic carbocycles. The summed E-state index contributed by atoms with van der Waals surface area (Å²) < 4.78 is 48.3. The summed E-state index contributed by atoms with van der Waals surface area (Å²) in [4.78, 5) is 19.8. The van der Waals surface area contributed by atoms with Crippen LogP contribution < -0.4 is 9.44 Å². The van der Waals surface area contributed by atoms with E-state index in [4.69, 9.17) is 16.3 Å². The van der Waals surface area contributed by atoms with Crippen LogP contribution in [0, 0.1) is 5.82 Å². The summed E-state index contributed by atoms with van der Waals surface area (Å²) >= 11 is 5.94. The number of anilines is 1. The number of rotatable bonds is 9. The second kappa shape index (κ2) is 8.87. The second-order valence-corrected chi connectivity index (χ2v) is 8.03. The minimum atomic E-state index is -4.01. The van der Waals surface area contributed by atoms with Gasteiger partial charge in [-0.05, 0) is 24.6 Å². The Balaban J connectivity index is 1.86. The zero-order chi connectivity index (χ0) is 21.0. The maximum absolute atomic E-state index is 14.9. The third-order valence-electron chi connectivity index (χ3n) is 4.05. The fourth-order valence-corrected chi connectivity index (χ4v) is 3.79. The number of benzene rings is 1. The topological polar surface area (TPSA) is 113 Å². The number of carbonyl (C=O) groups is 1. The third kappa shape index (κ3) is 4.91. The van der Waals surface area contributed by atoms with Crippen molar-refractivity contribution >= 4 is 44.3 Å². The van der Waals surface area contributed by atoms with Gasteiger partial charge in [0.1, 0.15) is 5.65 Å². The molecular formula is C18H18ClFN4O4S. The van der Waals surface area contributed by atoms with Crippen LogP contribution in [0.2, 0.25) is 5.02 Å². The minimum Gasteiger partial charge on any atom is -0.385 e. The molecule has 0 fully saturated rings. The maximum atomic E-state index is 14.9. The highest BCUT2D eigenvalue weighted by Crippen LogP contribution is 2.26. The van der Waals surface area contributed by atoms with Crippen LogP contribution >= 0.6 is 11.6 Å². The number of carbonyl (C=O) groups excluding carboxylic acids is 1. The zero-order valence-corrected chi connectivity index (χ0v) is 16.9. The third-order valence-corrected chi connectivity index (χ3v) is 5.33. The molecule has 0 radical (unpaired) electrons. The van der Waals surface area contributed by atoms with Gasteiger partial charge in [-0.25, -0.2) is 9.37 Å². The Morgan fingerprint density at radius 2 is 2.14 bits per heavy atom. The van der Waals surface area contributed by atoms with Crippen LogP contribution in [0.3, 0.4) is 0 Å². The SMILES string of the molecule is COCCCNS(=O)(=O)Nc1cccc(C(=O)c2c[nH]c3ncc(Cl)cc23)c1F. The van der Waals surface area contributed by atoms with Crippen LogP contribution in [0.1, 0.15) is 22.3 Å². The highest BCUT2D eigenvalue weighted by molar-refractivity contribution is 7.90. The lowest BCUT2D eigenvalue weighted by atomic mass is 10.0. The van der Waals surface area contributed by atoms with E-state index in [0.29, 0.717) is 29.1 Å². The Labute approximate surface area is 171 Å². The van der Waals surface area contributed by atoms with Crippen LogP contribution in [-0.4, -0.2) is 44.4 Å². The van der Waals surface area contributed by atoms with Gasteiger partial charge < -0.3 is 9.72 Å². The zero-order valence-electron chi connectivity index (χ0n) is 15.3. The van der Waals surface area contributed by atoms with E-state index in [1.165, 1.54) is 37.7 Å². The van der Waals surface area contributed by atoms with Crippen molar-refractivity contribution < 1.29 is 22.3 Å². The predicted molar refractivity (Wildman–Crippen MR) is 108 cm³/mol. The molecule has 0 aliphatic rings. The number of ketones is 1. The molecule has 2 heterocycles. The molecule has 0 amide bonds. The molecule has 11 heteroatoms. The summed E-state index contributed by atoms with van der Waals surface area (Å²) in [5.41, 5.74) is -0.0292. The van der Waals surface area contributed by atoms with E-state index < -0.39 is 21.8 Å². The van der Waals surface area contributed by atoms with E-state index in [1.807, 2.05) is 0 Å². The summed E-state index contributed by atoms with van der Waals surface area (Å²) in [5, 5.41) is 0.764. The number of pyridine rings is 1. The molecular weight excluding hydrogens is 423 g/mol. The van der Waals surface area contributed by atoms with Gasteiger partial charge in [0.2, 0.25) is 0 Å². The lowest BCUT2D eigenvalue weighted by Gasteiger charge is -2.11. The first-order chi connectivity index (χ1) is 13.8. The molecule has 0 aliphatic heterocycles. The number of ether oxygens (including phenoxy) is 1. The number of nitrogens with one attached hydrogen (secondary N) is 3. The van der Waals surface area contributed by atoms with Gasteiger partial charge in [-0.1, -0.05) is 17.7 Å². The Morgan fingerprint density at radius 1 is 1.34 bits per heavy atom. The molecule has 29 heavy (non-hydrogen) atoms. The Morgan fingerprint density at radius 3 is 2.90 bits per heavy atom. The first-order valence-electron chi connectivity index (χ1n) is 8.54. The van der Waals surface area contributed by atoms with Crippen molar-refractivity contribution in [1.29, 1.82) is 0 Å². The quantitative estimate of drug-likeness (QED) is 0.350. The van der Waals surface area contributed by atoms with Crippen molar-refractivity contribution in [1.82, 2.24) is 14.7 Å². The number of methoxy groups -OCH3 is 1. The number of H-pyrrole nitrogens is 1. The van der Waals surface area contributed by atoms with E-state index in [9.17, 15) is 17.6 Å². The maximum Gasteiger partial charge on any atom is 0.299 e. The molecule has 0 saturated carbocycles. The Kier molecular flexibility index (Phi) is 6.48. The van der Waals surface area contributed by atoms with Gasteiger partial charge in [-0.15, -0.1) is 0 Å². The van der Waals surface area contributed by atoms with E-state index in [1.54, 1.807) is 6.07 Å². The van der Waals surface area contributed by atoms with Gasteiger partial charge in [0.05, 0.1) is 16.3 Å². The minimum absolute atomic E-state index is 0.118. The number of hydrogen-bond acceptors (Lipinski definition) is 5. The van der Waals surface area contributed by atoms with Crippen molar-refractivity contribution in [2.24, 2.45) is 0 Å². The van der Waals surface area contributed by atoms with Crippen molar-refractivity contribution in [3.05, 3.63) is 58.6 Å². The molecule has 0 bridgehead atoms. The second-order valence-electron chi connectivity index (χ2n) is 6.09. The van der Waals surface area contributed by atoms with Crippen LogP contribution in [0.15, 0.2) is 36.7 Å². The molecule has 3 aromatic rings. The summed E-state index contributed by atoms with van der Waals surface area (Å²) in [6.07, 6.45) is 3.28. The van der Waals surface area contributed by atoms with Crippen LogP contribution in [0.5, 0.6) is 0 Å². The van der Waals surface area contributed by atoms with Gasteiger partial charge >= 0.3 is 0 Å². The molecule has 3 N–H and O–H groups in total. The van der Waals surface area contributed by atoms with E-state index in [-0.39, 0.29) is 23.4 Å². The number of aromatic amines is 1. The lowest BCUT2D eigenvalue weighted by Crippen LogP contribution is -2.31. The van der Waals surface area contributed by atoms with E-state index in [0.717, 1.165) is 0 Å². The van der Waals surface area contributed by atoms with Crippen LogP contribution in [0.25, 0.3) is 11.0 Å². The molecule has 3 rings (SSSR count).